The van der Waals surface area contributed by atoms with Crippen LogP contribution < -0.4 is 15.0 Å². The van der Waals surface area contributed by atoms with E-state index >= 15 is 0 Å². The second-order valence-corrected chi connectivity index (χ2v) is 10.4. The topological polar surface area (TPSA) is 83.9 Å². The number of aliphatic hydroxyl groups is 1. The predicted molar refractivity (Wildman–Crippen MR) is 141 cm³/mol. The molecule has 39 heavy (non-hydrogen) atoms. The van der Waals surface area contributed by atoms with Crippen molar-refractivity contribution in [2.45, 2.75) is 58.2 Å². The molecule has 1 aromatic heterocycles. The monoisotopic (exact) mass is 543 g/mol. The number of amides is 1. The van der Waals surface area contributed by atoms with E-state index in [2.05, 4.69) is 15.2 Å². The first-order valence-electron chi connectivity index (χ1n) is 12.7. The minimum Gasteiger partial charge on any atom is -0.472 e. The van der Waals surface area contributed by atoms with Crippen LogP contribution in [0.3, 0.4) is 0 Å². The maximum atomic E-state index is 12.8. The van der Waals surface area contributed by atoms with E-state index in [1.807, 2.05) is 63.2 Å². The normalized spacial score (nSPS) is 15.8. The second kappa shape index (κ2) is 11.5. The zero-order chi connectivity index (χ0) is 28.2. The quantitative estimate of drug-likeness (QED) is 0.384. The second-order valence-electron chi connectivity index (χ2n) is 10.4. The molecule has 0 unspecified atom stereocenters. The lowest BCUT2D eigenvalue weighted by Gasteiger charge is -2.22. The van der Waals surface area contributed by atoms with Gasteiger partial charge in [0.25, 0.3) is 0 Å². The first kappa shape index (κ1) is 28.2. The first-order chi connectivity index (χ1) is 18.4. The molecule has 1 amide bonds. The fraction of sp³-hybridized carbons (Fsp3) is 0.379. The zero-order valence-electron chi connectivity index (χ0n) is 22.1. The fourth-order valence-corrected chi connectivity index (χ4v) is 4.34. The van der Waals surface area contributed by atoms with Gasteiger partial charge >= 0.3 is 12.3 Å². The Hall–Kier alpha value is -3.79. The molecular formula is C29H32F3N3O4. The number of pyridine rings is 1. The van der Waals surface area contributed by atoms with Gasteiger partial charge in [-0.1, -0.05) is 30.3 Å². The van der Waals surface area contributed by atoms with Crippen molar-refractivity contribution in [3.63, 3.8) is 0 Å². The van der Waals surface area contributed by atoms with Gasteiger partial charge in [0.05, 0.1) is 18.7 Å². The molecule has 1 aliphatic heterocycles. The molecule has 208 valence electrons. The highest BCUT2D eigenvalue weighted by atomic mass is 19.4. The number of anilines is 1. The van der Waals surface area contributed by atoms with Crippen molar-refractivity contribution in [3.05, 3.63) is 77.5 Å². The summed E-state index contributed by atoms with van der Waals surface area (Å²) in [5, 5.41) is 12.8. The molecule has 2 aromatic carbocycles. The van der Waals surface area contributed by atoms with Gasteiger partial charge < -0.3 is 24.8 Å². The van der Waals surface area contributed by atoms with Gasteiger partial charge in [-0.15, -0.1) is 0 Å². The number of aromatic nitrogens is 1. The Morgan fingerprint density at radius 3 is 2.41 bits per heavy atom. The Labute approximate surface area is 225 Å². The number of carbonyl (C=O) groups is 1. The van der Waals surface area contributed by atoms with Crippen molar-refractivity contribution in [1.82, 2.24) is 10.3 Å². The highest BCUT2D eigenvalue weighted by molar-refractivity contribution is 5.70. The molecule has 1 saturated heterocycles. The third kappa shape index (κ3) is 7.63. The maximum Gasteiger partial charge on any atom is 0.417 e. The maximum absolute atomic E-state index is 12.8. The molecule has 1 aliphatic rings. The number of carbonyl (C=O) groups excluding carboxylic acids is 1. The molecule has 0 bridgehead atoms. The molecule has 2 N–H and O–H groups in total. The summed E-state index contributed by atoms with van der Waals surface area (Å²) in [6.45, 7) is 6.82. The van der Waals surface area contributed by atoms with Crippen LogP contribution in [-0.4, -0.2) is 41.0 Å². The Morgan fingerprint density at radius 1 is 1.08 bits per heavy atom. The van der Waals surface area contributed by atoms with Gasteiger partial charge in [0.15, 0.2) is 0 Å². The fourth-order valence-electron chi connectivity index (χ4n) is 4.34. The van der Waals surface area contributed by atoms with Gasteiger partial charge in [-0.2, -0.15) is 13.2 Å². The summed E-state index contributed by atoms with van der Waals surface area (Å²) < 4.78 is 49.4. The van der Waals surface area contributed by atoms with Crippen LogP contribution in [0.2, 0.25) is 0 Å². The Bertz CT molecular complexity index is 1270. The average molecular weight is 544 g/mol. The third-order valence-electron chi connectivity index (χ3n) is 6.21. The molecule has 0 radical (unpaired) electrons. The highest BCUT2D eigenvalue weighted by Crippen LogP contribution is 2.32. The molecule has 0 spiro atoms. The minimum absolute atomic E-state index is 0.149. The number of hydrogen-bond donors (Lipinski definition) is 2. The van der Waals surface area contributed by atoms with E-state index < -0.39 is 23.4 Å². The molecule has 0 saturated carbocycles. The molecule has 1 fully saturated rings. The van der Waals surface area contributed by atoms with E-state index in [1.54, 1.807) is 0 Å². The van der Waals surface area contributed by atoms with E-state index in [4.69, 9.17) is 9.47 Å². The third-order valence-corrected chi connectivity index (χ3v) is 6.21. The SMILES string of the molecule is CC(C)(C)OC(=O)NCc1ccc(-c2ccc(N3CC[C@H](Oc4ccc(C(F)(F)F)cn4)C3)c(CO)c2)cc1. The summed E-state index contributed by atoms with van der Waals surface area (Å²) in [6.07, 6.45) is -3.70. The van der Waals surface area contributed by atoms with E-state index in [-0.39, 0.29) is 18.6 Å². The van der Waals surface area contributed by atoms with Gasteiger partial charge in [0.2, 0.25) is 5.88 Å². The Balaban J connectivity index is 1.37. The lowest BCUT2D eigenvalue weighted by atomic mass is 10.0. The number of nitrogens with zero attached hydrogens (tertiary/aromatic N) is 2. The molecule has 1 atom stereocenters. The highest BCUT2D eigenvalue weighted by Gasteiger charge is 2.31. The summed E-state index contributed by atoms with van der Waals surface area (Å²) in [4.78, 5) is 17.8. The van der Waals surface area contributed by atoms with E-state index in [0.717, 1.165) is 40.2 Å². The Morgan fingerprint density at radius 2 is 1.79 bits per heavy atom. The van der Waals surface area contributed by atoms with E-state index in [9.17, 15) is 23.1 Å². The summed E-state index contributed by atoms with van der Waals surface area (Å²) in [6, 6.07) is 15.8. The first-order valence-corrected chi connectivity index (χ1v) is 12.7. The van der Waals surface area contributed by atoms with Gasteiger partial charge in [0.1, 0.15) is 11.7 Å². The van der Waals surface area contributed by atoms with Crippen molar-refractivity contribution in [2.24, 2.45) is 0 Å². The van der Waals surface area contributed by atoms with Crippen molar-refractivity contribution in [3.8, 4) is 17.0 Å². The molecule has 3 aromatic rings. The summed E-state index contributed by atoms with van der Waals surface area (Å²) >= 11 is 0. The number of alkyl carbamates (subject to hydrolysis) is 1. The standard InChI is InChI=1S/C29H32F3N3O4/c1-28(2,3)39-27(37)34-15-19-4-6-20(7-5-19)21-8-10-25(22(14-21)18-36)35-13-12-24(17-35)38-26-11-9-23(16-33-26)29(30,31)32/h4-11,14,16,24,36H,12-13,15,17-18H2,1-3H3,(H,34,37)/t24-/m0/s1. The van der Waals surface area contributed by atoms with Gasteiger partial charge in [-0.3, -0.25) is 0 Å². The number of rotatable bonds is 7. The van der Waals surface area contributed by atoms with Gasteiger partial charge in [-0.25, -0.2) is 9.78 Å². The zero-order valence-corrected chi connectivity index (χ0v) is 22.1. The van der Waals surface area contributed by atoms with Crippen LogP contribution in [-0.2, 0) is 24.1 Å². The number of ether oxygens (including phenoxy) is 2. The van der Waals surface area contributed by atoms with Crippen LogP contribution >= 0.6 is 0 Å². The van der Waals surface area contributed by atoms with Crippen LogP contribution in [0.1, 0.15) is 43.9 Å². The number of aliphatic hydroxyl groups excluding tert-OH is 1. The van der Waals surface area contributed by atoms with Crippen LogP contribution in [0.4, 0.5) is 23.7 Å². The van der Waals surface area contributed by atoms with E-state index in [1.165, 1.54) is 6.07 Å². The van der Waals surface area contributed by atoms with Crippen LogP contribution in [0.15, 0.2) is 60.8 Å². The molecule has 4 rings (SSSR count). The minimum atomic E-state index is -4.44. The number of nitrogens with one attached hydrogen (secondary N) is 1. The summed E-state index contributed by atoms with van der Waals surface area (Å²) in [7, 11) is 0. The molecular weight excluding hydrogens is 511 g/mol. The number of hydrogen-bond acceptors (Lipinski definition) is 6. The lowest BCUT2D eigenvalue weighted by molar-refractivity contribution is -0.137. The van der Waals surface area contributed by atoms with Crippen molar-refractivity contribution in [1.29, 1.82) is 0 Å². The molecule has 0 aliphatic carbocycles. The molecule has 10 heteroatoms. The van der Waals surface area contributed by atoms with Crippen LogP contribution in [0.25, 0.3) is 11.1 Å². The van der Waals surface area contributed by atoms with Crippen molar-refractivity contribution in [2.75, 3.05) is 18.0 Å². The molecule has 2 heterocycles. The number of alkyl halides is 3. The summed E-state index contributed by atoms with van der Waals surface area (Å²) in [5.74, 6) is 0.150. The molecule has 7 nitrogen and oxygen atoms in total. The van der Waals surface area contributed by atoms with Crippen LogP contribution in [0, 0.1) is 0 Å². The average Bonchev–Trinajstić information content (AvgIpc) is 3.34. The van der Waals surface area contributed by atoms with Crippen LogP contribution in [0.5, 0.6) is 5.88 Å². The number of halogens is 3. The van der Waals surface area contributed by atoms with E-state index in [0.29, 0.717) is 26.1 Å². The largest absolute Gasteiger partial charge is 0.472 e. The lowest BCUT2D eigenvalue weighted by Crippen LogP contribution is -2.32. The predicted octanol–water partition coefficient (Wildman–Crippen LogP) is 5.94. The van der Waals surface area contributed by atoms with Gasteiger partial charge in [0, 0.05) is 43.0 Å². The van der Waals surface area contributed by atoms with Crippen molar-refractivity contribution < 1.29 is 32.5 Å². The summed E-state index contributed by atoms with van der Waals surface area (Å²) in [5.41, 5.74) is 3.10. The van der Waals surface area contributed by atoms with Crippen molar-refractivity contribution >= 4 is 11.8 Å². The van der Waals surface area contributed by atoms with Gasteiger partial charge in [-0.05, 0) is 55.7 Å². The number of benzene rings is 2. The smallest absolute Gasteiger partial charge is 0.417 e. The Kier molecular flexibility index (Phi) is 8.34.